The van der Waals surface area contributed by atoms with Crippen LogP contribution in [0.15, 0.2) is 64.3 Å². The molecule has 3 unspecified atom stereocenters. The molecule has 40 heavy (non-hydrogen) atoms. The van der Waals surface area contributed by atoms with Crippen molar-refractivity contribution in [3.05, 3.63) is 82.2 Å². The van der Waals surface area contributed by atoms with E-state index < -0.39 is 54.7 Å². The van der Waals surface area contributed by atoms with Crippen LogP contribution in [0.1, 0.15) is 47.6 Å². The molecule has 1 aromatic heterocycles. The predicted molar refractivity (Wildman–Crippen MR) is 141 cm³/mol. The van der Waals surface area contributed by atoms with Crippen LogP contribution in [0.2, 0.25) is 5.02 Å². The van der Waals surface area contributed by atoms with Crippen molar-refractivity contribution in [3.8, 4) is 0 Å². The van der Waals surface area contributed by atoms with Crippen LogP contribution in [0.5, 0.6) is 0 Å². The summed E-state index contributed by atoms with van der Waals surface area (Å²) in [6, 6.07) is 13.8. The quantitative estimate of drug-likeness (QED) is 0.345. The Kier molecular flexibility index (Phi) is 8.58. The summed E-state index contributed by atoms with van der Waals surface area (Å²) in [6.45, 7) is 1.51. The lowest BCUT2D eigenvalue weighted by molar-refractivity contribution is -0.139. The van der Waals surface area contributed by atoms with E-state index in [9.17, 15) is 27.6 Å². The second-order valence-electron chi connectivity index (χ2n) is 9.26. The first-order valence-electron chi connectivity index (χ1n) is 12.3. The van der Waals surface area contributed by atoms with Gasteiger partial charge >= 0.3 is 6.18 Å². The van der Waals surface area contributed by atoms with Gasteiger partial charge in [-0.2, -0.15) is 13.2 Å². The summed E-state index contributed by atoms with van der Waals surface area (Å²) in [5.41, 5.74) is 7.78. The van der Waals surface area contributed by atoms with Crippen LogP contribution in [-0.4, -0.2) is 40.9 Å². The van der Waals surface area contributed by atoms with Gasteiger partial charge in [-0.1, -0.05) is 59.2 Å². The third kappa shape index (κ3) is 6.50. The number of anilines is 1. The first-order valence-corrected chi connectivity index (χ1v) is 12.6. The van der Waals surface area contributed by atoms with Crippen molar-refractivity contribution in [2.75, 3.05) is 5.32 Å². The third-order valence-electron chi connectivity index (χ3n) is 6.49. The van der Waals surface area contributed by atoms with Crippen LogP contribution in [0.3, 0.4) is 0 Å². The lowest BCUT2D eigenvalue weighted by Crippen LogP contribution is -2.47. The van der Waals surface area contributed by atoms with E-state index in [1.54, 1.807) is 48.5 Å². The molecule has 3 aromatic rings. The summed E-state index contributed by atoms with van der Waals surface area (Å²) >= 11 is 6.36. The van der Waals surface area contributed by atoms with E-state index in [2.05, 4.69) is 20.8 Å². The Bertz CT molecular complexity index is 1440. The lowest BCUT2D eigenvalue weighted by atomic mass is 9.81. The Labute approximate surface area is 232 Å². The molecular weight excluding hydrogens is 551 g/mol. The standard InChI is InChI=1S/C27H25ClF3N5O4/c1-14-18(13-40-36-14)20(23(32)37)16(10-6-12-27(29,30)31)25(38)35-24-26(39)34-22-17(9-5-11-19(22)28)21(33-24)15-7-3-2-4-8-15/h2-5,7-9,11,13,16,20,24H,6,10,12H2,1H3,(H2,32,37)(H,34,39)(H,35,38). The number of amides is 3. The number of halogens is 4. The number of rotatable bonds is 9. The van der Waals surface area contributed by atoms with E-state index in [4.69, 9.17) is 21.9 Å². The number of aromatic nitrogens is 1. The van der Waals surface area contributed by atoms with Gasteiger partial charge in [0.2, 0.25) is 18.0 Å². The minimum absolute atomic E-state index is 0.164. The number of aliphatic imine (C=N–C) groups is 1. The third-order valence-corrected chi connectivity index (χ3v) is 6.81. The molecule has 9 nitrogen and oxygen atoms in total. The summed E-state index contributed by atoms with van der Waals surface area (Å²) in [7, 11) is 0. The van der Waals surface area contributed by atoms with Crippen LogP contribution < -0.4 is 16.4 Å². The summed E-state index contributed by atoms with van der Waals surface area (Å²) in [6.07, 6.45) is -6.87. The van der Waals surface area contributed by atoms with E-state index in [-0.39, 0.29) is 28.4 Å². The van der Waals surface area contributed by atoms with Gasteiger partial charge in [-0.3, -0.25) is 14.4 Å². The molecule has 3 amide bonds. The number of hydrogen-bond donors (Lipinski definition) is 3. The molecule has 1 aliphatic heterocycles. The molecule has 13 heteroatoms. The van der Waals surface area contributed by atoms with Gasteiger partial charge in [0, 0.05) is 23.1 Å². The molecule has 0 radical (unpaired) electrons. The number of fused-ring (bicyclic) bond motifs is 1. The molecule has 0 saturated carbocycles. The molecule has 3 atom stereocenters. The zero-order chi connectivity index (χ0) is 29.0. The number of nitrogens with one attached hydrogen (secondary N) is 2. The number of nitrogens with zero attached hydrogens (tertiary/aromatic N) is 2. The number of aryl methyl sites for hydroxylation is 1. The van der Waals surface area contributed by atoms with Crippen molar-refractivity contribution >= 4 is 40.7 Å². The zero-order valence-corrected chi connectivity index (χ0v) is 21.9. The fourth-order valence-electron chi connectivity index (χ4n) is 4.60. The fraction of sp³-hybridized carbons (Fsp3) is 0.296. The number of carbonyl (C=O) groups excluding carboxylic acids is 3. The molecule has 1 aliphatic rings. The topological polar surface area (TPSA) is 140 Å². The van der Waals surface area contributed by atoms with Gasteiger partial charge in [0.05, 0.1) is 34.0 Å². The van der Waals surface area contributed by atoms with E-state index >= 15 is 0 Å². The van der Waals surface area contributed by atoms with Gasteiger partial charge in [-0.25, -0.2) is 4.99 Å². The number of benzodiazepines with no additional fused rings is 1. The van der Waals surface area contributed by atoms with Crippen molar-refractivity contribution < 1.29 is 32.1 Å². The SMILES string of the molecule is Cc1nocc1C(C(N)=O)C(CCCC(F)(F)F)C(=O)NC1N=C(c2ccccc2)c2cccc(Cl)c2NC1=O. The number of benzene rings is 2. The van der Waals surface area contributed by atoms with Crippen molar-refractivity contribution in [2.24, 2.45) is 16.6 Å². The van der Waals surface area contributed by atoms with Gasteiger partial charge < -0.3 is 20.9 Å². The Morgan fingerprint density at radius 2 is 1.90 bits per heavy atom. The Balaban J connectivity index is 1.72. The molecule has 0 aliphatic carbocycles. The largest absolute Gasteiger partial charge is 0.389 e. The van der Waals surface area contributed by atoms with Crippen molar-refractivity contribution in [2.45, 2.75) is 44.4 Å². The Hall–Kier alpha value is -4.19. The van der Waals surface area contributed by atoms with Crippen LogP contribution in [0.4, 0.5) is 18.9 Å². The van der Waals surface area contributed by atoms with Crippen LogP contribution in [-0.2, 0) is 14.4 Å². The van der Waals surface area contributed by atoms with E-state index in [1.165, 1.54) is 6.92 Å². The molecule has 2 heterocycles. The van der Waals surface area contributed by atoms with Gasteiger partial charge in [0.25, 0.3) is 5.91 Å². The normalized spacial score (nSPS) is 16.7. The number of hydrogen-bond acceptors (Lipinski definition) is 6. The van der Waals surface area contributed by atoms with Gasteiger partial charge in [-0.05, 0) is 25.8 Å². The highest BCUT2D eigenvalue weighted by molar-refractivity contribution is 6.36. The number of alkyl halides is 3. The molecule has 0 saturated heterocycles. The number of para-hydroxylation sites is 1. The molecule has 0 fully saturated rings. The van der Waals surface area contributed by atoms with Crippen molar-refractivity contribution in [3.63, 3.8) is 0 Å². The van der Waals surface area contributed by atoms with Crippen LogP contribution in [0, 0.1) is 12.8 Å². The average molecular weight is 576 g/mol. The van der Waals surface area contributed by atoms with Crippen molar-refractivity contribution in [1.82, 2.24) is 10.5 Å². The first kappa shape index (κ1) is 28.8. The van der Waals surface area contributed by atoms with Crippen LogP contribution in [0.25, 0.3) is 0 Å². The van der Waals surface area contributed by atoms with Crippen molar-refractivity contribution in [1.29, 1.82) is 0 Å². The van der Waals surface area contributed by atoms with Gasteiger partial charge in [0.15, 0.2) is 0 Å². The molecule has 4 rings (SSSR count). The number of nitrogens with two attached hydrogens (primary N) is 1. The monoisotopic (exact) mass is 575 g/mol. The highest BCUT2D eigenvalue weighted by atomic mass is 35.5. The molecular formula is C27H25ClF3N5O4. The molecule has 0 spiro atoms. The van der Waals surface area contributed by atoms with Gasteiger partial charge in [-0.15, -0.1) is 0 Å². The minimum Gasteiger partial charge on any atom is -0.369 e. The van der Waals surface area contributed by atoms with E-state index in [1.807, 2.05) is 0 Å². The summed E-state index contributed by atoms with van der Waals surface area (Å²) in [4.78, 5) is 43.9. The highest BCUT2D eigenvalue weighted by Crippen LogP contribution is 2.34. The zero-order valence-electron chi connectivity index (χ0n) is 21.2. The average Bonchev–Trinajstić information content (AvgIpc) is 3.25. The molecule has 4 N–H and O–H groups in total. The second-order valence-corrected chi connectivity index (χ2v) is 9.66. The predicted octanol–water partition coefficient (Wildman–Crippen LogP) is 4.49. The van der Waals surface area contributed by atoms with Crippen LogP contribution >= 0.6 is 11.6 Å². The highest BCUT2D eigenvalue weighted by Gasteiger charge is 2.39. The lowest BCUT2D eigenvalue weighted by Gasteiger charge is -2.25. The number of primary amides is 1. The number of carbonyl (C=O) groups is 3. The maximum atomic E-state index is 13.6. The maximum absolute atomic E-state index is 13.6. The molecule has 210 valence electrons. The summed E-state index contributed by atoms with van der Waals surface area (Å²) in [5, 5.41) is 9.12. The maximum Gasteiger partial charge on any atom is 0.389 e. The Morgan fingerprint density at radius 3 is 2.52 bits per heavy atom. The molecule has 0 bridgehead atoms. The van der Waals surface area contributed by atoms with E-state index in [0.29, 0.717) is 16.8 Å². The minimum atomic E-state index is -4.47. The second kappa shape index (κ2) is 11.9. The van der Waals surface area contributed by atoms with Gasteiger partial charge in [0.1, 0.15) is 6.26 Å². The Morgan fingerprint density at radius 1 is 1.18 bits per heavy atom. The summed E-state index contributed by atoms with van der Waals surface area (Å²) < 4.78 is 43.7. The molecule has 2 aromatic carbocycles. The summed E-state index contributed by atoms with van der Waals surface area (Å²) in [5.74, 6) is -5.33. The first-order chi connectivity index (χ1) is 19.0. The van der Waals surface area contributed by atoms with E-state index in [0.717, 1.165) is 6.26 Å². The fourth-order valence-corrected chi connectivity index (χ4v) is 4.82. The smallest absolute Gasteiger partial charge is 0.369 e.